The molecule has 3 aromatic rings. The summed E-state index contributed by atoms with van der Waals surface area (Å²) in [5.74, 6) is -1.28. The molecule has 1 N–H and O–H groups in total. The SMILES string of the molecule is Cc1ccc(S(=O)(=O)N(c2ccccc2)c2ccccc2)c(C(=O)O)c1. The predicted octanol–water partition coefficient (Wildman–Crippen LogP) is 4.22. The van der Waals surface area contributed by atoms with Gasteiger partial charge in [0.15, 0.2) is 0 Å². The van der Waals surface area contributed by atoms with Crippen molar-refractivity contribution in [3.05, 3.63) is 90.0 Å². The molecule has 0 aliphatic carbocycles. The van der Waals surface area contributed by atoms with Gasteiger partial charge in [-0.05, 0) is 43.3 Å². The highest BCUT2D eigenvalue weighted by Gasteiger charge is 2.30. The third-order valence-electron chi connectivity index (χ3n) is 3.87. The molecule has 0 aliphatic heterocycles. The van der Waals surface area contributed by atoms with Crippen LogP contribution in [0.5, 0.6) is 0 Å². The maximum atomic E-state index is 13.4. The zero-order valence-corrected chi connectivity index (χ0v) is 14.8. The number of hydrogen-bond donors (Lipinski definition) is 1. The molecule has 0 saturated carbocycles. The normalized spacial score (nSPS) is 11.1. The monoisotopic (exact) mass is 367 g/mol. The lowest BCUT2D eigenvalue weighted by molar-refractivity contribution is 0.0692. The maximum Gasteiger partial charge on any atom is 0.337 e. The fraction of sp³-hybridized carbons (Fsp3) is 0.0500. The molecular weight excluding hydrogens is 350 g/mol. The number of aryl methyl sites for hydroxylation is 1. The van der Waals surface area contributed by atoms with Crippen LogP contribution in [0.4, 0.5) is 11.4 Å². The van der Waals surface area contributed by atoms with E-state index in [0.717, 1.165) is 4.31 Å². The number of carbonyl (C=O) groups is 1. The first kappa shape index (κ1) is 17.7. The molecule has 0 bridgehead atoms. The van der Waals surface area contributed by atoms with Crippen LogP contribution in [0.25, 0.3) is 0 Å². The van der Waals surface area contributed by atoms with Crippen molar-refractivity contribution in [1.82, 2.24) is 0 Å². The van der Waals surface area contributed by atoms with Crippen molar-refractivity contribution >= 4 is 27.4 Å². The number of rotatable bonds is 5. The number of carboxylic acid groups (broad SMARTS) is 1. The van der Waals surface area contributed by atoms with Crippen LogP contribution in [0.1, 0.15) is 15.9 Å². The molecule has 0 heterocycles. The van der Waals surface area contributed by atoms with E-state index in [1.165, 1.54) is 12.1 Å². The summed E-state index contributed by atoms with van der Waals surface area (Å²) in [4.78, 5) is 11.4. The molecule has 132 valence electrons. The third-order valence-corrected chi connectivity index (χ3v) is 5.68. The molecule has 5 nitrogen and oxygen atoms in total. The number of hydrogen-bond acceptors (Lipinski definition) is 3. The van der Waals surface area contributed by atoms with Gasteiger partial charge in [-0.25, -0.2) is 17.5 Å². The average molecular weight is 367 g/mol. The molecule has 6 heteroatoms. The number of anilines is 2. The molecule has 3 aromatic carbocycles. The molecule has 0 fully saturated rings. The summed E-state index contributed by atoms with van der Waals surface area (Å²) in [6.07, 6.45) is 0. The molecule has 0 amide bonds. The van der Waals surface area contributed by atoms with Crippen LogP contribution in [-0.2, 0) is 10.0 Å². The van der Waals surface area contributed by atoms with E-state index in [2.05, 4.69) is 0 Å². The molecule has 26 heavy (non-hydrogen) atoms. The molecule has 0 atom stereocenters. The maximum absolute atomic E-state index is 13.4. The van der Waals surface area contributed by atoms with Crippen molar-refractivity contribution in [3.63, 3.8) is 0 Å². The Hall–Kier alpha value is -3.12. The number of benzene rings is 3. The van der Waals surface area contributed by atoms with E-state index >= 15 is 0 Å². The molecule has 0 aromatic heterocycles. The Morgan fingerprint density at radius 3 is 1.81 bits per heavy atom. The molecule has 0 saturated heterocycles. The van der Waals surface area contributed by atoms with Gasteiger partial charge in [0.1, 0.15) is 4.90 Å². The van der Waals surface area contributed by atoms with Gasteiger partial charge in [0.25, 0.3) is 10.0 Å². The summed E-state index contributed by atoms with van der Waals surface area (Å²) < 4.78 is 28.0. The van der Waals surface area contributed by atoms with Crippen molar-refractivity contribution < 1.29 is 18.3 Å². The molecule has 3 rings (SSSR count). The Bertz CT molecular complexity index is 992. The van der Waals surface area contributed by atoms with Crippen molar-refractivity contribution in [2.24, 2.45) is 0 Å². The van der Waals surface area contributed by atoms with Crippen LogP contribution in [0.2, 0.25) is 0 Å². The summed E-state index contributed by atoms with van der Waals surface area (Å²) in [6.45, 7) is 1.72. The second-order valence-electron chi connectivity index (χ2n) is 5.75. The van der Waals surface area contributed by atoms with Crippen molar-refractivity contribution in [2.75, 3.05) is 4.31 Å². The Labute approximate surface area is 152 Å². The van der Waals surface area contributed by atoms with Gasteiger partial charge in [-0.1, -0.05) is 48.0 Å². The van der Waals surface area contributed by atoms with Gasteiger partial charge < -0.3 is 5.11 Å². The van der Waals surface area contributed by atoms with Gasteiger partial charge >= 0.3 is 5.97 Å². The summed E-state index contributed by atoms with van der Waals surface area (Å²) in [6, 6.07) is 21.5. The molecule has 0 spiro atoms. The van der Waals surface area contributed by atoms with Crippen LogP contribution in [0, 0.1) is 6.92 Å². The number of sulfonamides is 1. The lowest BCUT2D eigenvalue weighted by Gasteiger charge is -2.25. The first-order chi connectivity index (χ1) is 12.4. The van der Waals surface area contributed by atoms with Crippen LogP contribution in [-0.4, -0.2) is 19.5 Å². The van der Waals surface area contributed by atoms with Crippen LogP contribution < -0.4 is 4.31 Å². The van der Waals surface area contributed by atoms with Crippen molar-refractivity contribution in [1.29, 1.82) is 0 Å². The van der Waals surface area contributed by atoms with Gasteiger partial charge in [-0.3, -0.25) is 0 Å². The minimum absolute atomic E-state index is 0.247. The average Bonchev–Trinajstić information content (AvgIpc) is 2.63. The quantitative estimate of drug-likeness (QED) is 0.733. The molecule has 0 unspecified atom stereocenters. The largest absolute Gasteiger partial charge is 0.478 e. The highest BCUT2D eigenvalue weighted by Crippen LogP contribution is 2.33. The Kier molecular flexibility index (Phi) is 4.77. The van der Waals surface area contributed by atoms with Gasteiger partial charge in [0.2, 0.25) is 0 Å². The highest BCUT2D eigenvalue weighted by atomic mass is 32.2. The zero-order valence-electron chi connectivity index (χ0n) is 14.0. The number of aromatic carboxylic acids is 1. The zero-order chi connectivity index (χ0) is 18.7. The fourth-order valence-corrected chi connectivity index (χ4v) is 4.35. The smallest absolute Gasteiger partial charge is 0.337 e. The summed E-state index contributed by atoms with van der Waals surface area (Å²) in [5, 5.41) is 9.49. The molecule has 0 radical (unpaired) electrons. The summed E-state index contributed by atoms with van der Waals surface area (Å²) in [5.41, 5.74) is 1.28. The topological polar surface area (TPSA) is 74.7 Å². The number of para-hydroxylation sites is 2. The summed E-state index contributed by atoms with van der Waals surface area (Å²) >= 11 is 0. The Balaban J connectivity index is 2.26. The Morgan fingerprint density at radius 1 is 0.846 bits per heavy atom. The van der Waals surface area contributed by atoms with E-state index in [0.29, 0.717) is 16.9 Å². The minimum Gasteiger partial charge on any atom is -0.478 e. The Morgan fingerprint density at radius 2 is 1.35 bits per heavy atom. The van der Waals surface area contributed by atoms with Crippen LogP contribution in [0.3, 0.4) is 0 Å². The summed E-state index contributed by atoms with van der Waals surface area (Å²) in [7, 11) is -4.15. The van der Waals surface area contributed by atoms with E-state index in [1.54, 1.807) is 73.7 Å². The number of nitrogens with zero attached hydrogens (tertiary/aromatic N) is 1. The van der Waals surface area contributed by atoms with E-state index in [9.17, 15) is 18.3 Å². The standard InChI is InChI=1S/C20H17NO4S/c1-15-12-13-19(18(14-15)20(22)23)26(24,25)21(16-8-4-2-5-9-16)17-10-6-3-7-11-17/h2-14H,1H3,(H,22,23). The van der Waals surface area contributed by atoms with Gasteiger partial charge in [-0.15, -0.1) is 0 Å². The second kappa shape index (κ2) is 7.01. The minimum atomic E-state index is -4.15. The fourth-order valence-electron chi connectivity index (χ4n) is 2.69. The van der Waals surface area contributed by atoms with E-state index in [-0.39, 0.29) is 10.5 Å². The van der Waals surface area contributed by atoms with E-state index in [1.807, 2.05) is 0 Å². The predicted molar refractivity (Wildman–Crippen MR) is 100 cm³/mol. The van der Waals surface area contributed by atoms with Gasteiger partial charge in [-0.2, -0.15) is 0 Å². The lowest BCUT2D eigenvalue weighted by atomic mass is 10.1. The highest BCUT2D eigenvalue weighted by molar-refractivity contribution is 7.93. The third kappa shape index (κ3) is 3.32. The second-order valence-corrected chi connectivity index (χ2v) is 7.50. The number of carboxylic acids is 1. The van der Waals surface area contributed by atoms with Crippen LogP contribution >= 0.6 is 0 Å². The van der Waals surface area contributed by atoms with Crippen LogP contribution in [0.15, 0.2) is 83.8 Å². The van der Waals surface area contributed by atoms with Gasteiger partial charge in [0.05, 0.1) is 16.9 Å². The lowest BCUT2D eigenvalue weighted by Crippen LogP contribution is -2.27. The van der Waals surface area contributed by atoms with Gasteiger partial charge in [0, 0.05) is 0 Å². The van der Waals surface area contributed by atoms with E-state index in [4.69, 9.17) is 0 Å². The van der Waals surface area contributed by atoms with Crippen molar-refractivity contribution in [3.8, 4) is 0 Å². The first-order valence-corrected chi connectivity index (χ1v) is 9.34. The van der Waals surface area contributed by atoms with Crippen molar-refractivity contribution in [2.45, 2.75) is 11.8 Å². The first-order valence-electron chi connectivity index (χ1n) is 7.90. The van der Waals surface area contributed by atoms with E-state index < -0.39 is 16.0 Å². The molecule has 0 aliphatic rings. The molecular formula is C20H17NO4S.